The van der Waals surface area contributed by atoms with Crippen LogP contribution in [-0.4, -0.2) is 4.57 Å². The second-order valence-corrected chi connectivity index (χ2v) is 13.2. The zero-order valence-corrected chi connectivity index (χ0v) is 30.2. The van der Waals surface area contributed by atoms with Gasteiger partial charge in [0.2, 0.25) is 0 Å². The number of allylic oxidation sites excluding steroid dienone is 4. The van der Waals surface area contributed by atoms with Crippen molar-refractivity contribution in [2.75, 3.05) is 4.90 Å². The molecule has 0 N–H and O–H groups in total. The molecule has 256 valence electrons. The number of nitrogens with zero attached hydrogens (tertiary/aromatic N) is 2. The molecule has 0 atom stereocenters. The molecular formula is C51H42N2. The summed E-state index contributed by atoms with van der Waals surface area (Å²) in [5, 5.41) is 1.22. The normalized spacial score (nSPS) is 11.7. The topological polar surface area (TPSA) is 8.17 Å². The van der Waals surface area contributed by atoms with Crippen LogP contribution in [0, 0.1) is 0 Å². The van der Waals surface area contributed by atoms with Gasteiger partial charge in [0.25, 0.3) is 0 Å². The summed E-state index contributed by atoms with van der Waals surface area (Å²) < 4.78 is 2.27. The van der Waals surface area contributed by atoms with Crippen LogP contribution in [0.1, 0.15) is 25.8 Å². The minimum absolute atomic E-state index is 1.01. The van der Waals surface area contributed by atoms with Gasteiger partial charge in [-0.05, 0) is 119 Å². The van der Waals surface area contributed by atoms with Gasteiger partial charge in [0.15, 0.2) is 0 Å². The van der Waals surface area contributed by atoms with Crippen molar-refractivity contribution in [1.82, 2.24) is 4.57 Å². The van der Waals surface area contributed by atoms with Crippen LogP contribution >= 0.6 is 0 Å². The first kappa shape index (κ1) is 33.5. The number of hydrogen-bond donors (Lipinski definition) is 0. The van der Waals surface area contributed by atoms with Crippen LogP contribution in [0.2, 0.25) is 0 Å². The molecule has 1 heterocycles. The van der Waals surface area contributed by atoms with Crippen LogP contribution in [0.4, 0.5) is 17.1 Å². The summed E-state index contributed by atoms with van der Waals surface area (Å²) in [6, 6.07) is 65.6. The summed E-state index contributed by atoms with van der Waals surface area (Å²) in [4.78, 5) is 2.37. The molecule has 0 unspecified atom stereocenters. The van der Waals surface area contributed by atoms with Gasteiger partial charge in [0.1, 0.15) is 0 Å². The molecule has 0 spiro atoms. The van der Waals surface area contributed by atoms with Crippen LogP contribution in [0.25, 0.3) is 55.5 Å². The first-order chi connectivity index (χ1) is 26.2. The SMILES string of the molecule is C/C=C(\C=C/CC)c1ccc(N(c2ccc(-c3ccccc3)cc2)c2ccc(-c3cccc4c3ccn4-c3ccccc3)c(-c3ccccc3)c2)cc1. The highest BCUT2D eigenvalue weighted by Crippen LogP contribution is 2.43. The number of benzene rings is 7. The zero-order chi connectivity index (χ0) is 36.0. The van der Waals surface area contributed by atoms with Gasteiger partial charge in [-0.3, -0.25) is 0 Å². The summed E-state index contributed by atoms with van der Waals surface area (Å²) in [7, 11) is 0. The van der Waals surface area contributed by atoms with E-state index in [4.69, 9.17) is 0 Å². The fourth-order valence-corrected chi connectivity index (χ4v) is 7.27. The Hall–Kier alpha value is -6.64. The van der Waals surface area contributed by atoms with Crippen molar-refractivity contribution in [1.29, 1.82) is 0 Å². The summed E-state index contributed by atoms with van der Waals surface area (Å²) in [5.41, 5.74) is 15.3. The third kappa shape index (κ3) is 6.88. The van der Waals surface area contributed by atoms with Crippen LogP contribution in [0.3, 0.4) is 0 Å². The summed E-state index contributed by atoms with van der Waals surface area (Å²) in [6.07, 6.45) is 9.81. The Labute approximate surface area is 313 Å². The van der Waals surface area contributed by atoms with E-state index in [2.05, 4.69) is 230 Å². The molecule has 0 saturated heterocycles. The van der Waals surface area contributed by atoms with E-state index in [1.807, 2.05) is 0 Å². The first-order valence-corrected chi connectivity index (χ1v) is 18.5. The number of para-hydroxylation sites is 1. The Morgan fingerprint density at radius 2 is 1.13 bits per heavy atom. The molecule has 0 aliphatic heterocycles. The summed E-state index contributed by atoms with van der Waals surface area (Å²) in [5.74, 6) is 0. The van der Waals surface area contributed by atoms with Gasteiger partial charge < -0.3 is 9.47 Å². The lowest BCUT2D eigenvalue weighted by molar-refractivity contribution is 1.13. The monoisotopic (exact) mass is 682 g/mol. The maximum absolute atomic E-state index is 2.37. The maximum atomic E-state index is 2.37. The highest BCUT2D eigenvalue weighted by atomic mass is 15.1. The van der Waals surface area contributed by atoms with Gasteiger partial charge in [-0.1, -0.05) is 146 Å². The fourth-order valence-electron chi connectivity index (χ4n) is 7.27. The third-order valence-electron chi connectivity index (χ3n) is 9.94. The first-order valence-electron chi connectivity index (χ1n) is 18.5. The molecule has 7 aromatic carbocycles. The van der Waals surface area contributed by atoms with Gasteiger partial charge in [-0.2, -0.15) is 0 Å². The van der Waals surface area contributed by atoms with Crippen molar-refractivity contribution in [3.8, 4) is 39.1 Å². The van der Waals surface area contributed by atoms with Crippen molar-refractivity contribution in [3.05, 3.63) is 212 Å². The molecule has 8 rings (SSSR count). The van der Waals surface area contributed by atoms with Crippen molar-refractivity contribution < 1.29 is 0 Å². The van der Waals surface area contributed by atoms with E-state index in [9.17, 15) is 0 Å². The quantitative estimate of drug-likeness (QED) is 0.130. The van der Waals surface area contributed by atoms with Gasteiger partial charge >= 0.3 is 0 Å². The summed E-state index contributed by atoms with van der Waals surface area (Å²) in [6.45, 7) is 4.28. The fraction of sp³-hybridized carbons (Fsp3) is 0.0588. The second-order valence-electron chi connectivity index (χ2n) is 13.2. The lowest BCUT2D eigenvalue weighted by Crippen LogP contribution is -2.10. The lowest BCUT2D eigenvalue weighted by Gasteiger charge is -2.27. The number of fused-ring (bicyclic) bond motifs is 1. The second kappa shape index (κ2) is 15.3. The largest absolute Gasteiger partial charge is 0.317 e. The Morgan fingerprint density at radius 1 is 0.528 bits per heavy atom. The minimum atomic E-state index is 1.01. The average Bonchev–Trinajstić information content (AvgIpc) is 3.68. The van der Waals surface area contributed by atoms with Gasteiger partial charge in [0, 0.05) is 34.3 Å². The number of aromatic nitrogens is 1. The Kier molecular flexibility index (Phi) is 9.68. The Bertz CT molecular complexity index is 2510. The van der Waals surface area contributed by atoms with E-state index in [0.29, 0.717) is 0 Å². The summed E-state index contributed by atoms with van der Waals surface area (Å²) >= 11 is 0. The highest BCUT2D eigenvalue weighted by Gasteiger charge is 2.18. The smallest absolute Gasteiger partial charge is 0.0534 e. The molecule has 0 amide bonds. The molecule has 0 fully saturated rings. The minimum Gasteiger partial charge on any atom is -0.317 e. The van der Waals surface area contributed by atoms with Crippen LogP contribution < -0.4 is 4.90 Å². The van der Waals surface area contributed by atoms with Crippen molar-refractivity contribution in [2.45, 2.75) is 20.3 Å². The van der Waals surface area contributed by atoms with Crippen LogP contribution in [-0.2, 0) is 0 Å². The zero-order valence-electron chi connectivity index (χ0n) is 30.2. The van der Waals surface area contributed by atoms with E-state index < -0.39 is 0 Å². The number of rotatable bonds is 10. The number of hydrogen-bond acceptors (Lipinski definition) is 1. The van der Waals surface area contributed by atoms with E-state index in [1.54, 1.807) is 0 Å². The van der Waals surface area contributed by atoms with Crippen LogP contribution in [0.15, 0.2) is 206 Å². The molecule has 1 aromatic heterocycles. The number of anilines is 3. The molecule has 0 aliphatic carbocycles. The molecule has 2 nitrogen and oxygen atoms in total. The molecule has 0 aliphatic rings. The van der Waals surface area contributed by atoms with Gasteiger partial charge in [0.05, 0.1) is 5.52 Å². The maximum Gasteiger partial charge on any atom is 0.0534 e. The van der Waals surface area contributed by atoms with Gasteiger partial charge in [-0.25, -0.2) is 0 Å². The van der Waals surface area contributed by atoms with E-state index in [1.165, 1.54) is 55.4 Å². The molecule has 0 saturated carbocycles. The van der Waals surface area contributed by atoms with Crippen molar-refractivity contribution in [3.63, 3.8) is 0 Å². The standard InChI is InChI=1S/C51H42N2/c1-3-5-16-38(4-2)40-25-29-44(30-26-40)53(45-31-27-41(28-32-45)39-17-9-6-10-18-39)46-33-34-48(50(37-46)42-19-11-7-12-20-42)47-23-15-24-51-49(47)35-36-52(51)43-21-13-8-14-22-43/h4-37H,3H2,1-2H3/b16-5-,38-4+. The van der Waals surface area contributed by atoms with E-state index in [0.717, 1.165) is 29.2 Å². The average molecular weight is 683 g/mol. The molecule has 0 bridgehead atoms. The molecule has 53 heavy (non-hydrogen) atoms. The highest BCUT2D eigenvalue weighted by molar-refractivity contribution is 6.01. The Balaban J connectivity index is 1.28. The molecule has 8 aromatic rings. The van der Waals surface area contributed by atoms with Crippen molar-refractivity contribution >= 4 is 33.5 Å². The van der Waals surface area contributed by atoms with Crippen LogP contribution in [0.5, 0.6) is 0 Å². The molecule has 0 radical (unpaired) electrons. The predicted molar refractivity (Wildman–Crippen MR) is 227 cm³/mol. The van der Waals surface area contributed by atoms with E-state index in [-0.39, 0.29) is 0 Å². The Morgan fingerprint density at radius 3 is 1.79 bits per heavy atom. The molecular weight excluding hydrogens is 641 g/mol. The van der Waals surface area contributed by atoms with E-state index >= 15 is 0 Å². The predicted octanol–water partition coefficient (Wildman–Crippen LogP) is 14.5. The van der Waals surface area contributed by atoms with Gasteiger partial charge in [-0.15, -0.1) is 0 Å². The third-order valence-corrected chi connectivity index (χ3v) is 9.94. The lowest BCUT2D eigenvalue weighted by atomic mass is 9.92. The molecule has 2 heteroatoms. The van der Waals surface area contributed by atoms with Crippen molar-refractivity contribution in [2.24, 2.45) is 0 Å².